The highest BCUT2D eigenvalue weighted by molar-refractivity contribution is 5.67. The van der Waals surface area contributed by atoms with Crippen molar-refractivity contribution in [1.82, 2.24) is 15.2 Å². The molecule has 1 fully saturated rings. The van der Waals surface area contributed by atoms with Crippen LogP contribution in [0.25, 0.3) is 11.3 Å². The molecular weight excluding hydrogens is 260 g/mol. The largest absolute Gasteiger partial charge is 0.370 e. The van der Waals surface area contributed by atoms with Gasteiger partial charge in [-0.25, -0.2) is 0 Å². The van der Waals surface area contributed by atoms with E-state index in [0.717, 1.165) is 41.3 Å². The number of hydrogen-bond acceptors (Lipinski definition) is 4. The lowest BCUT2D eigenvalue weighted by atomic mass is 10.1. The fraction of sp³-hybridized carbons (Fsp3) is 0.471. The van der Waals surface area contributed by atoms with Crippen LogP contribution in [0.1, 0.15) is 36.2 Å². The smallest absolute Gasteiger partial charge is 0.0968 e. The molecule has 1 aliphatic rings. The minimum absolute atomic E-state index is 0.926. The van der Waals surface area contributed by atoms with E-state index < -0.39 is 0 Å². The summed E-state index contributed by atoms with van der Waals surface area (Å²) in [5, 5.41) is 8.77. The van der Waals surface area contributed by atoms with Gasteiger partial charge in [0.25, 0.3) is 0 Å². The van der Waals surface area contributed by atoms with Gasteiger partial charge in [-0.05, 0) is 57.7 Å². The van der Waals surface area contributed by atoms with Crippen molar-refractivity contribution < 1.29 is 0 Å². The Labute approximate surface area is 126 Å². The van der Waals surface area contributed by atoms with Gasteiger partial charge in [0.15, 0.2) is 0 Å². The molecule has 0 aliphatic carbocycles. The average molecular weight is 282 g/mol. The van der Waals surface area contributed by atoms with Gasteiger partial charge in [-0.1, -0.05) is 0 Å². The fourth-order valence-corrected chi connectivity index (χ4v) is 2.93. The Bertz CT molecular complexity index is 645. The normalized spacial score (nSPS) is 15.3. The molecule has 0 N–H and O–H groups in total. The number of rotatable bonds is 2. The molecule has 0 bridgehead atoms. The minimum atomic E-state index is 0.926. The first-order valence-corrected chi connectivity index (χ1v) is 7.68. The van der Waals surface area contributed by atoms with E-state index in [2.05, 4.69) is 39.1 Å². The second-order valence-corrected chi connectivity index (χ2v) is 5.89. The van der Waals surface area contributed by atoms with Crippen LogP contribution in [-0.4, -0.2) is 28.3 Å². The molecule has 0 aromatic carbocycles. The number of nitrogens with zero attached hydrogens (tertiary/aromatic N) is 4. The second kappa shape index (κ2) is 5.80. The van der Waals surface area contributed by atoms with E-state index in [-0.39, 0.29) is 0 Å². The molecule has 1 aliphatic heterocycles. The lowest BCUT2D eigenvalue weighted by molar-refractivity contribution is 0.575. The summed E-state index contributed by atoms with van der Waals surface area (Å²) in [4.78, 5) is 6.88. The number of aryl methyl sites for hydroxylation is 3. The highest BCUT2D eigenvalue weighted by Crippen LogP contribution is 2.28. The predicted octanol–water partition coefficient (Wildman–Crippen LogP) is 3.45. The molecule has 3 heterocycles. The van der Waals surface area contributed by atoms with Crippen LogP contribution in [-0.2, 0) is 0 Å². The Hall–Kier alpha value is -1.97. The fourth-order valence-electron chi connectivity index (χ4n) is 2.93. The van der Waals surface area contributed by atoms with Crippen molar-refractivity contribution in [2.45, 2.75) is 40.0 Å². The lowest BCUT2D eigenvalue weighted by Crippen LogP contribution is -2.30. The number of anilines is 1. The van der Waals surface area contributed by atoms with E-state index in [0.29, 0.717) is 0 Å². The van der Waals surface area contributed by atoms with Crippen LogP contribution in [0, 0.1) is 20.8 Å². The van der Waals surface area contributed by atoms with E-state index in [1.165, 1.54) is 24.9 Å². The quantitative estimate of drug-likeness (QED) is 0.846. The van der Waals surface area contributed by atoms with Gasteiger partial charge >= 0.3 is 0 Å². The van der Waals surface area contributed by atoms with Crippen LogP contribution in [0.4, 0.5) is 5.69 Å². The van der Waals surface area contributed by atoms with Crippen LogP contribution < -0.4 is 4.90 Å². The maximum atomic E-state index is 4.44. The molecule has 0 saturated carbocycles. The van der Waals surface area contributed by atoms with Crippen molar-refractivity contribution in [3.05, 3.63) is 35.3 Å². The molecule has 4 heteroatoms. The molecule has 0 amide bonds. The van der Waals surface area contributed by atoms with Crippen molar-refractivity contribution >= 4 is 5.69 Å². The van der Waals surface area contributed by atoms with Gasteiger partial charge in [-0.2, -0.15) is 10.2 Å². The van der Waals surface area contributed by atoms with Crippen LogP contribution >= 0.6 is 0 Å². The molecule has 0 unspecified atom stereocenters. The molecular formula is C17H22N4. The molecule has 0 spiro atoms. The Kier molecular flexibility index (Phi) is 3.86. The number of hydrogen-bond donors (Lipinski definition) is 0. The van der Waals surface area contributed by atoms with Gasteiger partial charge in [-0.15, -0.1) is 0 Å². The zero-order chi connectivity index (χ0) is 14.8. The zero-order valence-corrected chi connectivity index (χ0v) is 13.1. The molecule has 2 aromatic heterocycles. The van der Waals surface area contributed by atoms with E-state index in [1.807, 2.05) is 20.0 Å². The van der Waals surface area contributed by atoms with E-state index in [9.17, 15) is 0 Å². The lowest BCUT2D eigenvalue weighted by Gasteiger charge is -2.29. The Balaban J connectivity index is 2.02. The van der Waals surface area contributed by atoms with Gasteiger partial charge in [0, 0.05) is 30.5 Å². The molecule has 0 radical (unpaired) electrons. The average Bonchev–Trinajstić information content (AvgIpc) is 2.51. The van der Waals surface area contributed by atoms with Crippen LogP contribution in [0.3, 0.4) is 0 Å². The SMILES string of the molecule is Cc1cnc(C)c(-c2cc(N3CCCCC3)c(C)nn2)c1. The first-order chi connectivity index (χ1) is 10.1. The van der Waals surface area contributed by atoms with Crippen LogP contribution in [0.2, 0.25) is 0 Å². The van der Waals surface area contributed by atoms with Crippen LogP contribution in [0.5, 0.6) is 0 Å². The second-order valence-electron chi connectivity index (χ2n) is 5.89. The third-order valence-electron chi connectivity index (χ3n) is 4.15. The molecule has 3 rings (SSSR count). The van der Waals surface area contributed by atoms with Crippen molar-refractivity contribution in [2.24, 2.45) is 0 Å². The van der Waals surface area contributed by atoms with Crippen molar-refractivity contribution in [2.75, 3.05) is 18.0 Å². The molecule has 2 aromatic rings. The highest BCUT2D eigenvalue weighted by atomic mass is 15.2. The van der Waals surface area contributed by atoms with E-state index in [1.54, 1.807) is 0 Å². The molecule has 4 nitrogen and oxygen atoms in total. The maximum absolute atomic E-state index is 4.44. The van der Waals surface area contributed by atoms with Gasteiger partial charge in [0.05, 0.1) is 17.1 Å². The van der Waals surface area contributed by atoms with Crippen molar-refractivity contribution in [3.63, 3.8) is 0 Å². The topological polar surface area (TPSA) is 41.9 Å². The molecule has 0 atom stereocenters. The predicted molar refractivity (Wildman–Crippen MR) is 85.5 cm³/mol. The summed E-state index contributed by atoms with van der Waals surface area (Å²) in [7, 11) is 0. The highest BCUT2D eigenvalue weighted by Gasteiger charge is 2.16. The minimum Gasteiger partial charge on any atom is -0.370 e. The van der Waals surface area contributed by atoms with Crippen molar-refractivity contribution in [1.29, 1.82) is 0 Å². The summed E-state index contributed by atoms with van der Waals surface area (Å²) in [5.41, 5.74) is 6.40. The summed E-state index contributed by atoms with van der Waals surface area (Å²) in [6, 6.07) is 4.32. The van der Waals surface area contributed by atoms with Gasteiger partial charge in [0.2, 0.25) is 0 Å². The van der Waals surface area contributed by atoms with Gasteiger partial charge in [-0.3, -0.25) is 4.98 Å². The number of piperidine rings is 1. The summed E-state index contributed by atoms with van der Waals surface area (Å²) >= 11 is 0. The van der Waals surface area contributed by atoms with Gasteiger partial charge in [0.1, 0.15) is 0 Å². The third kappa shape index (κ3) is 2.89. The first kappa shape index (κ1) is 14.0. The van der Waals surface area contributed by atoms with Gasteiger partial charge < -0.3 is 4.90 Å². The molecule has 110 valence electrons. The zero-order valence-electron chi connectivity index (χ0n) is 13.1. The maximum Gasteiger partial charge on any atom is 0.0968 e. The Morgan fingerprint density at radius 3 is 2.43 bits per heavy atom. The van der Waals surface area contributed by atoms with E-state index >= 15 is 0 Å². The number of pyridine rings is 1. The molecule has 21 heavy (non-hydrogen) atoms. The summed E-state index contributed by atoms with van der Waals surface area (Å²) in [5.74, 6) is 0. The van der Waals surface area contributed by atoms with Crippen molar-refractivity contribution in [3.8, 4) is 11.3 Å². The van der Waals surface area contributed by atoms with E-state index in [4.69, 9.17) is 0 Å². The number of aromatic nitrogens is 3. The third-order valence-corrected chi connectivity index (χ3v) is 4.15. The summed E-state index contributed by atoms with van der Waals surface area (Å²) < 4.78 is 0. The standard InChI is InChI=1S/C17H22N4/c1-12-9-15(13(2)18-11-12)16-10-17(14(3)19-20-16)21-7-5-4-6-8-21/h9-11H,4-8H2,1-3H3. The monoisotopic (exact) mass is 282 g/mol. The van der Waals surface area contributed by atoms with Crippen LogP contribution in [0.15, 0.2) is 18.3 Å². The Morgan fingerprint density at radius 1 is 0.905 bits per heavy atom. The Morgan fingerprint density at radius 2 is 1.67 bits per heavy atom. The summed E-state index contributed by atoms with van der Waals surface area (Å²) in [6.45, 7) is 8.37. The summed E-state index contributed by atoms with van der Waals surface area (Å²) in [6.07, 6.45) is 5.76. The molecule has 1 saturated heterocycles. The first-order valence-electron chi connectivity index (χ1n) is 7.68.